The smallest absolute Gasteiger partial charge is 0.146 e. The molecule has 6 heteroatoms. The van der Waals surface area contributed by atoms with Gasteiger partial charge in [-0.15, -0.1) is 11.8 Å². The Balaban J connectivity index is 1.79. The number of ether oxygens (including phenoxy) is 1. The molecule has 1 aliphatic heterocycles. The fourth-order valence-electron chi connectivity index (χ4n) is 1.76. The zero-order chi connectivity index (χ0) is 12.8. The topological polar surface area (TPSA) is 38.2 Å². The summed E-state index contributed by atoms with van der Waals surface area (Å²) in [5.41, 5.74) is 0. The normalized spacial score (nSPS) is 17.0. The lowest BCUT2D eigenvalue weighted by Crippen LogP contribution is -2.37. The molecule has 1 fully saturated rings. The van der Waals surface area contributed by atoms with E-state index in [-0.39, 0.29) is 0 Å². The standard InChI is InChI=1S/C12H18ClN3OS/c1-2-11-14-9-10(12(13)15-11)18-8-5-16-3-6-17-7-4-16/h9H,2-8H2,1H3. The number of hydrogen-bond acceptors (Lipinski definition) is 5. The average molecular weight is 288 g/mol. The van der Waals surface area contributed by atoms with Crippen LogP contribution in [0.15, 0.2) is 11.1 Å². The molecule has 0 N–H and O–H groups in total. The molecule has 0 atom stereocenters. The van der Waals surface area contributed by atoms with Gasteiger partial charge in [-0.1, -0.05) is 18.5 Å². The van der Waals surface area contributed by atoms with Gasteiger partial charge in [0.25, 0.3) is 0 Å². The summed E-state index contributed by atoms with van der Waals surface area (Å²) in [7, 11) is 0. The van der Waals surface area contributed by atoms with Gasteiger partial charge in [0.1, 0.15) is 11.0 Å². The molecular formula is C12H18ClN3OS. The summed E-state index contributed by atoms with van der Waals surface area (Å²) in [6, 6.07) is 0. The lowest BCUT2D eigenvalue weighted by atomic mass is 10.4. The van der Waals surface area contributed by atoms with Crippen molar-refractivity contribution < 1.29 is 4.74 Å². The van der Waals surface area contributed by atoms with Gasteiger partial charge in [-0.05, 0) is 0 Å². The van der Waals surface area contributed by atoms with Crippen molar-refractivity contribution in [1.29, 1.82) is 0 Å². The van der Waals surface area contributed by atoms with Crippen LogP contribution in [0.1, 0.15) is 12.7 Å². The van der Waals surface area contributed by atoms with Crippen molar-refractivity contribution >= 4 is 23.4 Å². The van der Waals surface area contributed by atoms with Crippen molar-refractivity contribution in [2.75, 3.05) is 38.6 Å². The minimum Gasteiger partial charge on any atom is -0.379 e. The van der Waals surface area contributed by atoms with Crippen LogP contribution in [-0.4, -0.2) is 53.5 Å². The van der Waals surface area contributed by atoms with Crippen molar-refractivity contribution in [1.82, 2.24) is 14.9 Å². The summed E-state index contributed by atoms with van der Waals surface area (Å²) in [6.45, 7) is 6.83. The third-order valence-corrected chi connectivity index (χ3v) is 4.24. The van der Waals surface area contributed by atoms with E-state index in [1.54, 1.807) is 11.8 Å². The molecule has 0 aromatic carbocycles. The van der Waals surface area contributed by atoms with E-state index < -0.39 is 0 Å². The SMILES string of the molecule is CCc1ncc(SCCN2CCOCC2)c(Cl)n1. The van der Waals surface area contributed by atoms with Gasteiger partial charge >= 0.3 is 0 Å². The van der Waals surface area contributed by atoms with E-state index in [0.717, 1.165) is 55.7 Å². The Kier molecular flexibility index (Phi) is 5.69. The Hall–Kier alpha value is -0.360. The monoisotopic (exact) mass is 287 g/mol. The summed E-state index contributed by atoms with van der Waals surface area (Å²) in [5, 5.41) is 0.578. The summed E-state index contributed by atoms with van der Waals surface area (Å²) in [4.78, 5) is 11.9. The lowest BCUT2D eigenvalue weighted by Gasteiger charge is -2.26. The largest absolute Gasteiger partial charge is 0.379 e. The van der Waals surface area contributed by atoms with Gasteiger partial charge in [0, 0.05) is 38.0 Å². The van der Waals surface area contributed by atoms with E-state index in [9.17, 15) is 0 Å². The predicted octanol–water partition coefficient (Wildman–Crippen LogP) is 2.12. The number of nitrogens with zero attached hydrogens (tertiary/aromatic N) is 3. The molecule has 100 valence electrons. The van der Waals surface area contributed by atoms with Crippen LogP contribution in [0.2, 0.25) is 5.15 Å². The summed E-state index contributed by atoms with van der Waals surface area (Å²) in [6.07, 6.45) is 2.65. The number of halogens is 1. The van der Waals surface area contributed by atoms with Crippen molar-refractivity contribution in [3.63, 3.8) is 0 Å². The number of aryl methyl sites for hydroxylation is 1. The second-order valence-electron chi connectivity index (χ2n) is 4.10. The minimum absolute atomic E-state index is 0.578. The molecule has 0 saturated carbocycles. The van der Waals surface area contributed by atoms with Crippen LogP contribution in [-0.2, 0) is 11.2 Å². The van der Waals surface area contributed by atoms with E-state index >= 15 is 0 Å². The highest BCUT2D eigenvalue weighted by Crippen LogP contribution is 2.24. The van der Waals surface area contributed by atoms with Gasteiger partial charge in [-0.3, -0.25) is 4.90 Å². The van der Waals surface area contributed by atoms with Gasteiger partial charge < -0.3 is 4.74 Å². The number of morpholine rings is 1. The molecule has 0 unspecified atom stereocenters. The first kappa shape index (κ1) is 14.1. The summed E-state index contributed by atoms with van der Waals surface area (Å²) >= 11 is 7.84. The van der Waals surface area contributed by atoms with Crippen LogP contribution < -0.4 is 0 Å². The van der Waals surface area contributed by atoms with Gasteiger partial charge in [0.15, 0.2) is 0 Å². The van der Waals surface area contributed by atoms with Crippen molar-refractivity contribution in [3.8, 4) is 0 Å². The molecule has 1 aliphatic rings. The van der Waals surface area contributed by atoms with Crippen LogP contribution in [0.3, 0.4) is 0 Å². The number of thioether (sulfide) groups is 1. The molecule has 0 bridgehead atoms. The van der Waals surface area contributed by atoms with Crippen molar-refractivity contribution in [2.45, 2.75) is 18.2 Å². The van der Waals surface area contributed by atoms with Crippen molar-refractivity contribution in [2.24, 2.45) is 0 Å². The third-order valence-electron chi connectivity index (χ3n) is 2.85. The van der Waals surface area contributed by atoms with Crippen molar-refractivity contribution in [3.05, 3.63) is 17.2 Å². The first-order valence-electron chi connectivity index (χ1n) is 6.24. The van der Waals surface area contributed by atoms with E-state index in [4.69, 9.17) is 16.3 Å². The molecular weight excluding hydrogens is 270 g/mol. The molecule has 0 aliphatic carbocycles. The quantitative estimate of drug-likeness (QED) is 0.613. The highest BCUT2D eigenvalue weighted by molar-refractivity contribution is 7.99. The van der Waals surface area contributed by atoms with E-state index in [1.165, 1.54) is 0 Å². The second-order valence-corrected chi connectivity index (χ2v) is 5.59. The molecule has 1 aromatic heterocycles. The fourth-order valence-corrected chi connectivity index (χ4v) is 2.93. The van der Waals surface area contributed by atoms with E-state index in [0.29, 0.717) is 5.15 Å². The zero-order valence-electron chi connectivity index (χ0n) is 10.6. The van der Waals surface area contributed by atoms with Crippen LogP contribution in [0.4, 0.5) is 0 Å². The first-order chi connectivity index (χ1) is 8.79. The second kappa shape index (κ2) is 7.28. The molecule has 0 spiro atoms. The van der Waals surface area contributed by atoms with E-state index in [2.05, 4.69) is 14.9 Å². The Morgan fingerprint density at radius 3 is 2.89 bits per heavy atom. The van der Waals surface area contributed by atoms with Crippen LogP contribution >= 0.6 is 23.4 Å². The molecule has 1 saturated heterocycles. The zero-order valence-corrected chi connectivity index (χ0v) is 12.1. The van der Waals surface area contributed by atoms with Crippen LogP contribution in [0, 0.1) is 0 Å². The molecule has 2 heterocycles. The highest BCUT2D eigenvalue weighted by atomic mass is 35.5. The number of hydrogen-bond donors (Lipinski definition) is 0. The van der Waals surface area contributed by atoms with Crippen LogP contribution in [0.5, 0.6) is 0 Å². The minimum atomic E-state index is 0.578. The maximum atomic E-state index is 6.12. The summed E-state index contributed by atoms with van der Waals surface area (Å²) in [5.74, 6) is 1.81. The Bertz CT molecular complexity index is 386. The molecule has 0 radical (unpaired) electrons. The Morgan fingerprint density at radius 1 is 1.44 bits per heavy atom. The molecule has 4 nitrogen and oxygen atoms in total. The Labute approximate surface area is 117 Å². The first-order valence-corrected chi connectivity index (χ1v) is 7.60. The van der Waals surface area contributed by atoms with Gasteiger partial charge in [-0.2, -0.15) is 0 Å². The van der Waals surface area contributed by atoms with Gasteiger partial charge in [0.05, 0.1) is 18.1 Å². The van der Waals surface area contributed by atoms with Gasteiger partial charge in [-0.25, -0.2) is 9.97 Å². The maximum absolute atomic E-state index is 6.12. The van der Waals surface area contributed by atoms with Gasteiger partial charge in [0.2, 0.25) is 0 Å². The fraction of sp³-hybridized carbons (Fsp3) is 0.667. The highest BCUT2D eigenvalue weighted by Gasteiger charge is 2.10. The average Bonchev–Trinajstić information content (AvgIpc) is 2.42. The van der Waals surface area contributed by atoms with Crippen LogP contribution in [0.25, 0.3) is 0 Å². The predicted molar refractivity (Wildman–Crippen MR) is 74.4 cm³/mol. The number of rotatable bonds is 5. The molecule has 18 heavy (non-hydrogen) atoms. The molecule has 1 aromatic rings. The third kappa shape index (κ3) is 4.09. The summed E-state index contributed by atoms with van der Waals surface area (Å²) < 4.78 is 5.32. The van der Waals surface area contributed by atoms with E-state index in [1.807, 2.05) is 13.1 Å². The lowest BCUT2D eigenvalue weighted by molar-refractivity contribution is 0.0410. The maximum Gasteiger partial charge on any atom is 0.146 e. The Morgan fingerprint density at radius 2 is 2.22 bits per heavy atom. The molecule has 0 amide bonds. The molecule has 2 rings (SSSR count). The number of aromatic nitrogens is 2.